The zero-order chi connectivity index (χ0) is 12.0. The molecule has 2 aliphatic rings. The average molecular weight is 222 g/mol. The van der Waals surface area contributed by atoms with Gasteiger partial charge in [-0.05, 0) is 11.8 Å². The summed E-state index contributed by atoms with van der Waals surface area (Å²) in [5, 5.41) is 0. The topological polar surface area (TPSA) is 17.1 Å². The Bertz CT molecular complexity index is 331. The maximum Gasteiger partial charge on any atom is 0.311 e. The van der Waals surface area contributed by atoms with Gasteiger partial charge in [-0.3, -0.25) is 0 Å². The molecule has 0 aromatic heterocycles. The lowest BCUT2D eigenvalue weighted by atomic mass is 9.79. The van der Waals surface area contributed by atoms with Crippen LogP contribution in [0.1, 0.15) is 47.0 Å². The molecule has 1 saturated heterocycles. The Kier molecular flexibility index (Phi) is 2.73. The fourth-order valence-corrected chi connectivity index (χ4v) is 3.00. The second-order valence-corrected chi connectivity index (χ2v) is 6.41. The molecule has 0 bridgehead atoms. The van der Waals surface area contributed by atoms with E-state index in [2.05, 4.69) is 26.8 Å². The highest BCUT2D eigenvalue weighted by Gasteiger charge is 2.53. The normalized spacial score (nSPS) is 28.5. The molecule has 1 heterocycles. The molecule has 90 valence electrons. The summed E-state index contributed by atoms with van der Waals surface area (Å²) >= 11 is 0. The summed E-state index contributed by atoms with van der Waals surface area (Å²) < 4.78 is 0.772. The van der Waals surface area contributed by atoms with Gasteiger partial charge in [0.2, 0.25) is 0 Å². The Hall–Kier alpha value is -0.630. The van der Waals surface area contributed by atoms with E-state index < -0.39 is 0 Å². The molecule has 1 aliphatic heterocycles. The van der Waals surface area contributed by atoms with Crippen LogP contribution in [0.3, 0.4) is 0 Å². The first kappa shape index (κ1) is 11.8. The van der Waals surface area contributed by atoms with Crippen LogP contribution >= 0.6 is 0 Å². The molecule has 0 N–H and O–H groups in total. The number of rotatable bonds is 1. The summed E-state index contributed by atoms with van der Waals surface area (Å²) in [4.78, 5) is 11.7. The van der Waals surface area contributed by atoms with E-state index in [0.29, 0.717) is 17.4 Å². The molecule has 1 unspecified atom stereocenters. The van der Waals surface area contributed by atoms with Gasteiger partial charge in [-0.25, -0.2) is 9.28 Å². The quantitative estimate of drug-likeness (QED) is 0.379. The Morgan fingerprint density at radius 2 is 2.00 bits per heavy atom. The molecular weight excluding hydrogens is 198 g/mol. The molecule has 0 radical (unpaired) electrons. The largest absolute Gasteiger partial charge is 0.311 e. The Morgan fingerprint density at radius 1 is 1.38 bits per heavy atom. The van der Waals surface area contributed by atoms with Gasteiger partial charge < -0.3 is 0 Å². The highest BCUT2D eigenvalue weighted by molar-refractivity contribution is 5.67. The van der Waals surface area contributed by atoms with Crippen LogP contribution in [-0.4, -0.2) is 29.5 Å². The van der Waals surface area contributed by atoms with Crippen LogP contribution in [0.15, 0.2) is 11.6 Å². The predicted octanol–water partition coefficient (Wildman–Crippen LogP) is 2.89. The van der Waals surface area contributed by atoms with Gasteiger partial charge in [-0.15, -0.1) is 0 Å². The van der Waals surface area contributed by atoms with Crippen molar-refractivity contribution in [2.24, 2.45) is 5.41 Å². The van der Waals surface area contributed by atoms with Gasteiger partial charge in [0.05, 0.1) is 6.92 Å². The number of nitrogens with zero attached hydrogens (tertiary/aromatic N) is 1. The van der Waals surface area contributed by atoms with Crippen molar-refractivity contribution < 1.29 is 9.28 Å². The first-order valence-electron chi connectivity index (χ1n) is 6.44. The second kappa shape index (κ2) is 3.69. The molecule has 2 heteroatoms. The lowest BCUT2D eigenvalue weighted by molar-refractivity contribution is -0.749. The van der Waals surface area contributed by atoms with Crippen LogP contribution in [0, 0.1) is 5.41 Å². The first-order chi connectivity index (χ1) is 7.36. The molecule has 0 aromatic rings. The fraction of sp³-hybridized carbons (Fsp3) is 0.786. The predicted molar refractivity (Wildman–Crippen MR) is 65.9 cm³/mol. The van der Waals surface area contributed by atoms with Gasteiger partial charge in [0.15, 0.2) is 0 Å². The number of allylic oxidation sites excluding steroid dienone is 1. The third-order valence-electron chi connectivity index (χ3n) is 4.38. The fourth-order valence-electron chi connectivity index (χ4n) is 3.00. The molecule has 0 saturated carbocycles. The summed E-state index contributed by atoms with van der Waals surface area (Å²) in [5.74, 6) is 0.373. The number of hydrogen-bond donors (Lipinski definition) is 0. The summed E-state index contributed by atoms with van der Waals surface area (Å²) in [6.07, 6.45) is 5.88. The molecule has 16 heavy (non-hydrogen) atoms. The van der Waals surface area contributed by atoms with E-state index in [1.54, 1.807) is 12.5 Å². The minimum Gasteiger partial charge on any atom is -0.249 e. The third kappa shape index (κ3) is 1.95. The standard InChI is InChI=1S/C14H24NO/c1-11(16)15(9-10-15)13-7-5-12(6-8-13)14(2,3)4/h5,13H,6-10H2,1-4H3/q+1. The molecule has 1 amide bonds. The summed E-state index contributed by atoms with van der Waals surface area (Å²) in [6.45, 7) is 10.8. The van der Waals surface area contributed by atoms with Gasteiger partial charge in [0.1, 0.15) is 19.1 Å². The SMILES string of the molecule is CC(=O)[N+]1(C2CC=C(C(C)(C)C)CC2)CC1. The monoisotopic (exact) mass is 222 g/mol. The van der Waals surface area contributed by atoms with E-state index in [0.717, 1.165) is 24.0 Å². The van der Waals surface area contributed by atoms with Crippen molar-refractivity contribution in [2.75, 3.05) is 13.1 Å². The van der Waals surface area contributed by atoms with Gasteiger partial charge in [0.25, 0.3) is 0 Å². The minimum absolute atomic E-state index is 0.310. The van der Waals surface area contributed by atoms with Crippen molar-refractivity contribution in [3.8, 4) is 0 Å². The highest BCUT2D eigenvalue weighted by Crippen LogP contribution is 2.39. The zero-order valence-corrected chi connectivity index (χ0v) is 11.0. The van der Waals surface area contributed by atoms with Crippen molar-refractivity contribution in [3.63, 3.8) is 0 Å². The van der Waals surface area contributed by atoms with E-state index >= 15 is 0 Å². The van der Waals surface area contributed by atoms with Crippen LogP contribution in [0.25, 0.3) is 0 Å². The smallest absolute Gasteiger partial charge is 0.249 e. The van der Waals surface area contributed by atoms with E-state index in [1.807, 2.05) is 0 Å². The van der Waals surface area contributed by atoms with Gasteiger partial charge in [-0.2, -0.15) is 0 Å². The number of carbonyl (C=O) groups excluding carboxylic acids is 1. The molecule has 1 fully saturated rings. The van der Waals surface area contributed by atoms with Crippen LogP contribution in [0.4, 0.5) is 0 Å². The maximum atomic E-state index is 11.7. The van der Waals surface area contributed by atoms with Gasteiger partial charge in [0, 0.05) is 12.8 Å². The van der Waals surface area contributed by atoms with E-state index in [-0.39, 0.29) is 0 Å². The molecule has 0 spiro atoms. The molecule has 0 aromatic carbocycles. The van der Waals surface area contributed by atoms with Gasteiger partial charge in [-0.1, -0.05) is 32.4 Å². The molecule has 1 aliphatic carbocycles. The van der Waals surface area contributed by atoms with E-state index in [9.17, 15) is 4.79 Å². The number of quaternary nitrogens is 1. The van der Waals surface area contributed by atoms with Crippen molar-refractivity contribution in [3.05, 3.63) is 11.6 Å². The number of carbonyl (C=O) groups is 1. The second-order valence-electron chi connectivity index (χ2n) is 6.41. The zero-order valence-electron chi connectivity index (χ0n) is 11.0. The summed E-state index contributed by atoms with van der Waals surface area (Å²) in [5.41, 5.74) is 1.89. The minimum atomic E-state index is 0.310. The Balaban J connectivity index is 2.06. The molecular formula is C14H24NO+. The van der Waals surface area contributed by atoms with Crippen LogP contribution < -0.4 is 0 Å². The van der Waals surface area contributed by atoms with Gasteiger partial charge >= 0.3 is 5.91 Å². The Morgan fingerprint density at radius 3 is 2.31 bits per heavy atom. The third-order valence-corrected chi connectivity index (χ3v) is 4.38. The average Bonchev–Trinajstić information content (AvgIpc) is 2.97. The maximum absolute atomic E-state index is 11.7. The first-order valence-corrected chi connectivity index (χ1v) is 6.44. The Labute approximate surface area is 98.9 Å². The molecule has 2 rings (SSSR count). The van der Waals surface area contributed by atoms with Crippen LogP contribution in [-0.2, 0) is 4.79 Å². The lowest BCUT2D eigenvalue weighted by Gasteiger charge is -2.32. The number of amides is 1. The van der Waals surface area contributed by atoms with E-state index in [4.69, 9.17) is 0 Å². The molecule has 1 atom stereocenters. The van der Waals surface area contributed by atoms with Crippen molar-refractivity contribution in [1.82, 2.24) is 0 Å². The van der Waals surface area contributed by atoms with Crippen LogP contribution in [0.5, 0.6) is 0 Å². The molecule has 2 nitrogen and oxygen atoms in total. The van der Waals surface area contributed by atoms with Crippen LogP contribution in [0.2, 0.25) is 0 Å². The van der Waals surface area contributed by atoms with Crippen molar-refractivity contribution in [1.29, 1.82) is 0 Å². The number of hydrogen-bond acceptors (Lipinski definition) is 1. The lowest BCUT2D eigenvalue weighted by Crippen LogP contribution is -2.43. The van der Waals surface area contributed by atoms with E-state index in [1.165, 1.54) is 12.8 Å². The van der Waals surface area contributed by atoms with Crippen molar-refractivity contribution in [2.45, 2.75) is 53.0 Å². The summed E-state index contributed by atoms with van der Waals surface area (Å²) in [7, 11) is 0. The highest BCUT2D eigenvalue weighted by atomic mass is 16.2. The summed E-state index contributed by atoms with van der Waals surface area (Å²) in [6, 6.07) is 0.573. The van der Waals surface area contributed by atoms with Crippen molar-refractivity contribution >= 4 is 5.91 Å².